The molecule has 1 aliphatic carbocycles. The summed E-state index contributed by atoms with van der Waals surface area (Å²) >= 11 is 6.32. The smallest absolute Gasteiger partial charge is 0.0640 e. The lowest BCUT2D eigenvalue weighted by molar-refractivity contribution is 0.660. The van der Waals surface area contributed by atoms with Gasteiger partial charge in [0.2, 0.25) is 0 Å². The molecule has 1 N–H and O–H groups in total. The number of hydrogen-bond acceptors (Lipinski definition) is 1. The molecule has 0 aliphatic heterocycles. The van der Waals surface area contributed by atoms with Gasteiger partial charge in [-0.15, -0.1) is 0 Å². The van der Waals surface area contributed by atoms with Crippen LogP contribution in [0.15, 0.2) is 66.7 Å². The molecular formula is C21H18ClN. The molecule has 0 fully saturated rings. The van der Waals surface area contributed by atoms with Crippen molar-refractivity contribution in [3.8, 4) is 11.1 Å². The van der Waals surface area contributed by atoms with Crippen molar-refractivity contribution in [2.24, 2.45) is 0 Å². The Morgan fingerprint density at radius 2 is 1.39 bits per heavy atom. The highest BCUT2D eigenvalue weighted by Crippen LogP contribution is 2.51. The first-order valence-corrected chi connectivity index (χ1v) is 8.22. The van der Waals surface area contributed by atoms with E-state index >= 15 is 0 Å². The highest BCUT2D eigenvalue weighted by molar-refractivity contribution is 6.33. The fourth-order valence-electron chi connectivity index (χ4n) is 3.57. The summed E-state index contributed by atoms with van der Waals surface area (Å²) in [7, 11) is 0. The third-order valence-corrected chi connectivity index (χ3v) is 5.08. The molecule has 0 saturated heterocycles. The van der Waals surface area contributed by atoms with Crippen molar-refractivity contribution in [3.63, 3.8) is 0 Å². The molecule has 0 amide bonds. The average molecular weight is 320 g/mol. The van der Waals surface area contributed by atoms with Crippen LogP contribution in [-0.2, 0) is 5.41 Å². The predicted molar refractivity (Wildman–Crippen MR) is 98.7 cm³/mol. The van der Waals surface area contributed by atoms with Crippen LogP contribution in [0.1, 0.15) is 25.0 Å². The minimum atomic E-state index is 0.0180. The van der Waals surface area contributed by atoms with Crippen LogP contribution in [0.3, 0.4) is 0 Å². The number of rotatable bonds is 2. The van der Waals surface area contributed by atoms with Gasteiger partial charge in [-0.1, -0.05) is 74.0 Å². The van der Waals surface area contributed by atoms with E-state index in [0.717, 1.165) is 16.4 Å². The Morgan fingerprint density at radius 1 is 0.739 bits per heavy atom. The summed E-state index contributed by atoms with van der Waals surface area (Å²) < 4.78 is 0. The standard InChI is InChI=1S/C21H18ClN/c1-21(2)15-9-4-3-8-14(15)20-16(21)10-7-13-19(20)23-18-12-6-5-11-17(18)22/h3-13,23H,1-2H3. The molecule has 0 heterocycles. The third-order valence-electron chi connectivity index (χ3n) is 4.75. The molecule has 23 heavy (non-hydrogen) atoms. The molecule has 3 aromatic carbocycles. The van der Waals surface area contributed by atoms with E-state index in [0.29, 0.717) is 0 Å². The van der Waals surface area contributed by atoms with Crippen LogP contribution < -0.4 is 5.32 Å². The maximum atomic E-state index is 6.32. The van der Waals surface area contributed by atoms with Crippen LogP contribution in [-0.4, -0.2) is 0 Å². The Hall–Kier alpha value is -2.25. The second kappa shape index (κ2) is 5.14. The lowest BCUT2D eigenvalue weighted by atomic mass is 9.82. The number of anilines is 2. The van der Waals surface area contributed by atoms with Gasteiger partial charge < -0.3 is 5.32 Å². The first-order valence-electron chi connectivity index (χ1n) is 7.84. The number of fused-ring (bicyclic) bond motifs is 3. The van der Waals surface area contributed by atoms with Crippen LogP contribution in [0, 0.1) is 0 Å². The summed E-state index contributed by atoms with van der Waals surface area (Å²) in [6.45, 7) is 4.58. The molecule has 0 spiro atoms. The van der Waals surface area contributed by atoms with Crippen LogP contribution >= 0.6 is 11.6 Å². The molecule has 0 saturated carbocycles. The van der Waals surface area contributed by atoms with E-state index in [1.807, 2.05) is 24.3 Å². The quantitative estimate of drug-likeness (QED) is 0.577. The van der Waals surface area contributed by atoms with Gasteiger partial charge in [0, 0.05) is 16.7 Å². The second-order valence-electron chi connectivity index (χ2n) is 6.50. The second-order valence-corrected chi connectivity index (χ2v) is 6.91. The Kier molecular flexibility index (Phi) is 3.21. The van der Waals surface area contributed by atoms with Crippen molar-refractivity contribution < 1.29 is 0 Å². The van der Waals surface area contributed by atoms with Crippen molar-refractivity contribution in [1.29, 1.82) is 0 Å². The summed E-state index contributed by atoms with van der Waals surface area (Å²) in [5, 5.41) is 4.25. The Bertz CT molecular complexity index is 896. The number of hydrogen-bond donors (Lipinski definition) is 1. The molecule has 0 bridgehead atoms. The number of benzene rings is 3. The highest BCUT2D eigenvalue weighted by atomic mass is 35.5. The van der Waals surface area contributed by atoms with Gasteiger partial charge in [0.15, 0.2) is 0 Å². The van der Waals surface area contributed by atoms with E-state index in [9.17, 15) is 0 Å². The van der Waals surface area contributed by atoms with E-state index in [1.165, 1.54) is 22.3 Å². The van der Waals surface area contributed by atoms with E-state index in [2.05, 4.69) is 61.6 Å². The van der Waals surface area contributed by atoms with Gasteiger partial charge in [0.25, 0.3) is 0 Å². The molecule has 0 radical (unpaired) electrons. The van der Waals surface area contributed by atoms with Crippen LogP contribution in [0.4, 0.5) is 11.4 Å². The first kappa shape index (κ1) is 14.3. The molecule has 0 unspecified atom stereocenters. The van der Waals surface area contributed by atoms with Gasteiger partial charge in [-0.25, -0.2) is 0 Å². The van der Waals surface area contributed by atoms with Gasteiger partial charge in [0.05, 0.1) is 10.7 Å². The fourth-order valence-corrected chi connectivity index (χ4v) is 3.75. The number of para-hydroxylation sites is 1. The van der Waals surface area contributed by atoms with Crippen molar-refractivity contribution in [3.05, 3.63) is 82.9 Å². The topological polar surface area (TPSA) is 12.0 Å². The van der Waals surface area contributed by atoms with Gasteiger partial charge in [0.1, 0.15) is 0 Å². The van der Waals surface area contributed by atoms with Crippen LogP contribution in [0.5, 0.6) is 0 Å². The minimum absolute atomic E-state index is 0.0180. The predicted octanol–water partition coefficient (Wildman–Crippen LogP) is 6.39. The first-order chi connectivity index (χ1) is 11.1. The largest absolute Gasteiger partial charge is 0.354 e. The SMILES string of the molecule is CC1(C)c2ccccc2-c2c(Nc3ccccc3Cl)cccc21. The van der Waals surface area contributed by atoms with Crippen LogP contribution in [0.25, 0.3) is 11.1 Å². The molecule has 114 valence electrons. The molecule has 1 nitrogen and oxygen atoms in total. The van der Waals surface area contributed by atoms with Gasteiger partial charge in [-0.05, 0) is 34.9 Å². The maximum absolute atomic E-state index is 6.32. The zero-order valence-electron chi connectivity index (χ0n) is 13.2. The lowest BCUT2D eigenvalue weighted by Gasteiger charge is -2.21. The van der Waals surface area contributed by atoms with Crippen molar-refractivity contribution in [2.45, 2.75) is 19.3 Å². The minimum Gasteiger partial charge on any atom is -0.354 e. The normalized spacial score (nSPS) is 14.2. The van der Waals surface area contributed by atoms with Gasteiger partial charge >= 0.3 is 0 Å². The van der Waals surface area contributed by atoms with Crippen molar-refractivity contribution >= 4 is 23.0 Å². The van der Waals surface area contributed by atoms with E-state index in [4.69, 9.17) is 11.6 Å². The molecule has 3 aromatic rings. The number of nitrogens with one attached hydrogen (secondary N) is 1. The molecule has 4 rings (SSSR count). The molecule has 0 atom stereocenters. The zero-order chi connectivity index (χ0) is 16.0. The summed E-state index contributed by atoms with van der Waals surface area (Å²) in [6, 6.07) is 23.0. The Labute approximate surface area is 141 Å². The monoisotopic (exact) mass is 319 g/mol. The van der Waals surface area contributed by atoms with Gasteiger partial charge in [-0.3, -0.25) is 0 Å². The molecule has 2 heteroatoms. The van der Waals surface area contributed by atoms with Crippen molar-refractivity contribution in [1.82, 2.24) is 0 Å². The summed E-state index contributed by atoms with van der Waals surface area (Å²) in [6.07, 6.45) is 0. The Balaban J connectivity index is 1.91. The third kappa shape index (κ3) is 2.15. The lowest BCUT2D eigenvalue weighted by Crippen LogP contribution is -2.14. The summed E-state index contributed by atoms with van der Waals surface area (Å²) in [5.41, 5.74) is 7.39. The molecular weight excluding hydrogens is 302 g/mol. The highest BCUT2D eigenvalue weighted by Gasteiger charge is 2.36. The Morgan fingerprint density at radius 3 is 2.22 bits per heavy atom. The maximum Gasteiger partial charge on any atom is 0.0640 e. The van der Waals surface area contributed by atoms with E-state index in [1.54, 1.807) is 0 Å². The molecule has 0 aromatic heterocycles. The number of halogens is 1. The fraction of sp³-hybridized carbons (Fsp3) is 0.143. The average Bonchev–Trinajstić information content (AvgIpc) is 2.79. The van der Waals surface area contributed by atoms with E-state index in [-0.39, 0.29) is 5.41 Å². The molecule has 1 aliphatic rings. The van der Waals surface area contributed by atoms with Gasteiger partial charge in [-0.2, -0.15) is 0 Å². The zero-order valence-corrected chi connectivity index (χ0v) is 14.0. The van der Waals surface area contributed by atoms with Crippen molar-refractivity contribution in [2.75, 3.05) is 5.32 Å². The summed E-state index contributed by atoms with van der Waals surface area (Å²) in [4.78, 5) is 0. The summed E-state index contributed by atoms with van der Waals surface area (Å²) in [5.74, 6) is 0. The van der Waals surface area contributed by atoms with E-state index < -0.39 is 0 Å². The van der Waals surface area contributed by atoms with Crippen LogP contribution in [0.2, 0.25) is 5.02 Å².